The lowest BCUT2D eigenvalue weighted by Gasteiger charge is -2.18. The molecule has 2 aromatic heterocycles. The van der Waals surface area contributed by atoms with Gasteiger partial charge in [0.2, 0.25) is 5.91 Å². The monoisotopic (exact) mass is 448 g/mol. The fraction of sp³-hybridized carbons (Fsp3) is 0.208. The molecule has 0 saturated heterocycles. The molecule has 33 heavy (non-hydrogen) atoms. The van der Waals surface area contributed by atoms with Gasteiger partial charge in [0, 0.05) is 35.8 Å². The average molecular weight is 448 g/mol. The second-order valence-corrected chi connectivity index (χ2v) is 7.04. The van der Waals surface area contributed by atoms with E-state index >= 15 is 0 Å². The van der Waals surface area contributed by atoms with Crippen LogP contribution in [0.4, 0.5) is 0 Å². The van der Waals surface area contributed by atoms with Crippen LogP contribution in [0.3, 0.4) is 0 Å². The zero-order chi connectivity index (χ0) is 23.6. The summed E-state index contributed by atoms with van der Waals surface area (Å²) in [5.41, 5.74) is 3.20. The SMILES string of the molecule is COC(=O)CN(CC(=O)OC)C(=O)/C=C/c1cn(Cc2ccccc2)nc1-c1cccnc1. The molecule has 0 unspecified atom stereocenters. The number of benzene rings is 1. The minimum atomic E-state index is -0.646. The summed E-state index contributed by atoms with van der Waals surface area (Å²) in [5, 5.41) is 4.67. The van der Waals surface area contributed by atoms with E-state index in [0.29, 0.717) is 17.8 Å². The van der Waals surface area contributed by atoms with Crippen molar-refractivity contribution in [3.8, 4) is 11.3 Å². The van der Waals surface area contributed by atoms with E-state index in [9.17, 15) is 14.4 Å². The maximum atomic E-state index is 12.7. The molecule has 0 radical (unpaired) electrons. The molecule has 9 nitrogen and oxygen atoms in total. The van der Waals surface area contributed by atoms with Crippen LogP contribution in [0.2, 0.25) is 0 Å². The molecule has 0 aliphatic rings. The standard InChI is InChI=1S/C24H24N4O5/c1-32-22(30)16-27(17-23(31)33-2)21(29)11-10-20-15-28(14-18-7-4-3-5-8-18)26-24(20)19-9-6-12-25-13-19/h3-13,15H,14,16-17H2,1-2H3/b11-10+. The minimum absolute atomic E-state index is 0.377. The number of methoxy groups -OCH3 is 2. The number of pyridine rings is 1. The number of ether oxygens (including phenoxy) is 2. The van der Waals surface area contributed by atoms with Crippen molar-refractivity contribution in [3.63, 3.8) is 0 Å². The summed E-state index contributed by atoms with van der Waals surface area (Å²) in [4.78, 5) is 41.3. The molecular formula is C24H24N4O5. The van der Waals surface area contributed by atoms with Gasteiger partial charge in [-0.1, -0.05) is 30.3 Å². The molecule has 9 heteroatoms. The Morgan fingerprint density at radius 3 is 2.30 bits per heavy atom. The van der Waals surface area contributed by atoms with E-state index < -0.39 is 17.8 Å². The summed E-state index contributed by atoms with van der Waals surface area (Å²) < 4.78 is 11.0. The van der Waals surface area contributed by atoms with Gasteiger partial charge in [0.1, 0.15) is 18.8 Å². The lowest BCUT2D eigenvalue weighted by molar-refractivity contribution is -0.150. The van der Waals surface area contributed by atoms with Crippen LogP contribution in [0.1, 0.15) is 11.1 Å². The summed E-state index contributed by atoms with van der Waals surface area (Å²) >= 11 is 0. The highest BCUT2D eigenvalue weighted by molar-refractivity contribution is 5.96. The van der Waals surface area contributed by atoms with Crippen LogP contribution in [0.25, 0.3) is 17.3 Å². The van der Waals surface area contributed by atoms with Crippen molar-refractivity contribution >= 4 is 23.9 Å². The van der Waals surface area contributed by atoms with Gasteiger partial charge in [0.05, 0.1) is 20.8 Å². The van der Waals surface area contributed by atoms with E-state index in [1.165, 1.54) is 20.3 Å². The average Bonchev–Trinajstić information content (AvgIpc) is 3.25. The summed E-state index contributed by atoms with van der Waals surface area (Å²) in [6.45, 7) is -0.207. The Bertz CT molecular complexity index is 1110. The third kappa shape index (κ3) is 6.60. The molecule has 0 atom stereocenters. The van der Waals surface area contributed by atoms with Crippen molar-refractivity contribution in [1.29, 1.82) is 0 Å². The van der Waals surface area contributed by atoms with Crippen molar-refractivity contribution in [2.24, 2.45) is 0 Å². The first kappa shape index (κ1) is 23.4. The molecule has 0 saturated carbocycles. The third-order valence-electron chi connectivity index (χ3n) is 4.72. The van der Waals surface area contributed by atoms with Crippen LogP contribution >= 0.6 is 0 Å². The zero-order valence-corrected chi connectivity index (χ0v) is 18.4. The van der Waals surface area contributed by atoms with E-state index in [4.69, 9.17) is 0 Å². The highest BCUT2D eigenvalue weighted by Crippen LogP contribution is 2.23. The molecule has 1 amide bonds. The molecular weight excluding hydrogens is 424 g/mol. The Morgan fingerprint density at radius 2 is 1.70 bits per heavy atom. The summed E-state index contributed by atoms with van der Waals surface area (Å²) in [6.07, 6.45) is 8.07. The number of rotatable bonds is 9. The second-order valence-electron chi connectivity index (χ2n) is 7.04. The molecule has 3 rings (SSSR count). The third-order valence-corrected chi connectivity index (χ3v) is 4.72. The summed E-state index contributed by atoms with van der Waals surface area (Å²) in [7, 11) is 2.42. The first-order valence-electron chi connectivity index (χ1n) is 10.1. The molecule has 3 aromatic rings. The molecule has 2 heterocycles. The van der Waals surface area contributed by atoms with Gasteiger partial charge >= 0.3 is 11.9 Å². The smallest absolute Gasteiger partial charge is 0.325 e. The molecule has 0 spiro atoms. The largest absolute Gasteiger partial charge is 0.468 e. The number of hydrogen-bond donors (Lipinski definition) is 0. The molecule has 170 valence electrons. The van der Waals surface area contributed by atoms with E-state index in [1.54, 1.807) is 29.2 Å². The Kier molecular flexibility index (Phi) is 8.07. The number of aromatic nitrogens is 3. The molecule has 0 fully saturated rings. The van der Waals surface area contributed by atoms with Crippen LogP contribution in [-0.4, -0.2) is 64.8 Å². The molecule has 0 aliphatic carbocycles. The van der Waals surface area contributed by atoms with Gasteiger partial charge in [-0.05, 0) is 23.8 Å². The van der Waals surface area contributed by atoms with Crippen LogP contribution in [0.15, 0.2) is 67.1 Å². The summed E-state index contributed by atoms with van der Waals surface area (Å²) in [6, 6.07) is 13.5. The van der Waals surface area contributed by atoms with Crippen LogP contribution in [0.5, 0.6) is 0 Å². The van der Waals surface area contributed by atoms with E-state index in [1.807, 2.05) is 42.6 Å². The lowest BCUT2D eigenvalue weighted by atomic mass is 10.1. The molecule has 0 bridgehead atoms. The lowest BCUT2D eigenvalue weighted by Crippen LogP contribution is -2.39. The number of carbonyl (C=O) groups is 3. The quantitative estimate of drug-likeness (QED) is 0.365. The number of nitrogens with zero attached hydrogens (tertiary/aromatic N) is 4. The number of esters is 2. The number of hydrogen-bond acceptors (Lipinski definition) is 7. The first-order valence-corrected chi connectivity index (χ1v) is 10.1. The molecule has 1 aromatic carbocycles. The Hall–Kier alpha value is -4.27. The normalized spacial score (nSPS) is 10.7. The van der Waals surface area contributed by atoms with E-state index in [-0.39, 0.29) is 13.1 Å². The van der Waals surface area contributed by atoms with Crippen molar-refractivity contribution in [1.82, 2.24) is 19.7 Å². The summed E-state index contributed by atoms with van der Waals surface area (Å²) in [5.74, 6) is -1.83. The Morgan fingerprint density at radius 1 is 1.00 bits per heavy atom. The fourth-order valence-electron chi connectivity index (χ4n) is 3.06. The fourth-order valence-corrected chi connectivity index (χ4v) is 3.06. The van der Waals surface area contributed by atoms with Gasteiger partial charge in [-0.15, -0.1) is 0 Å². The van der Waals surface area contributed by atoms with E-state index in [0.717, 1.165) is 16.0 Å². The first-order chi connectivity index (χ1) is 16.0. The molecule has 0 N–H and O–H groups in total. The number of carbonyl (C=O) groups excluding carboxylic acids is 3. The maximum Gasteiger partial charge on any atom is 0.325 e. The molecule has 0 aliphatic heterocycles. The highest BCUT2D eigenvalue weighted by atomic mass is 16.5. The second kappa shape index (κ2) is 11.4. The maximum absolute atomic E-state index is 12.7. The van der Waals surface area contributed by atoms with Gasteiger partial charge in [-0.3, -0.25) is 24.0 Å². The van der Waals surface area contributed by atoms with Crippen LogP contribution in [0, 0.1) is 0 Å². The topological polar surface area (TPSA) is 104 Å². The van der Waals surface area contributed by atoms with Gasteiger partial charge < -0.3 is 14.4 Å². The van der Waals surface area contributed by atoms with Crippen molar-refractivity contribution in [2.45, 2.75) is 6.54 Å². The van der Waals surface area contributed by atoms with Crippen LogP contribution < -0.4 is 0 Å². The van der Waals surface area contributed by atoms with E-state index in [2.05, 4.69) is 19.6 Å². The Balaban J connectivity index is 1.88. The van der Waals surface area contributed by atoms with Gasteiger partial charge in [0.25, 0.3) is 0 Å². The highest BCUT2D eigenvalue weighted by Gasteiger charge is 2.19. The predicted molar refractivity (Wildman–Crippen MR) is 121 cm³/mol. The van der Waals surface area contributed by atoms with Crippen molar-refractivity contribution in [2.75, 3.05) is 27.3 Å². The zero-order valence-electron chi connectivity index (χ0n) is 18.4. The predicted octanol–water partition coefficient (Wildman–Crippen LogP) is 2.18. The van der Waals surface area contributed by atoms with Crippen molar-refractivity contribution in [3.05, 3.63) is 78.3 Å². The van der Waals surface area contributed by atoms with Gasteiger partial charge in [-0.25, -0.2) is 0 Å². The number of amides is 1. The minimum Gasteiger partial charge on any atom is -0.468 e. The Labute approximate surface area is 191 Å². The van der Waals surface area contributed by atoms with Gasteiger partial charge in [0.15, 0.2) is 0 Å². The van der Waals surface area contributed by atoms with Crippen LogP contribution in [-0.2, 0) is 30.4 Å². The van der Waals surface area contributed by atoms with Crippen molar-refractivity contribution < 1.29 is 23.9 Å². The van der Waals surface area contributed by atoms with Gasteiger partial charge in [-0.2, -0.15) is 5.10 Å².